The number of rotatable bonds is 2. The van der Waals surface area contributed by atoms with Crippen molar-refractivity contribution in [3.05, 3.63) is 33.4 Å². The van der Waals surface area contributed by atoms with Crippen LogP contribution in [0.25, 0.3) is 22.3 Å². The summed E-state index contributed by atoms with van der Waals surface area (Å²) in [6.07, 6.45) is -1.82. The minimum Gasteiger partial charge on any atom is -0.394 e. The Kier molecular flexibility index (Phi) is 5.11. The fourth-order valence-corrected chi connectivity index (χ4v) is 3.10. The zero-order chi connectivity index (χ0) is 22.3. The standard InChI is InChI=1S/C10H13N5O5.C5H5N5O/c11-10-13-7-4(8(19)14-10)12-2-15(7)9-6(18)5(17)3(1-16)20-9;6-5-9-3-2(4(11)10-5)7-1-8-3/h2-3,5-6,9,16-18H,1H2,(H3,11,13,14,19);1H,(H4,6,7,8,9,10,11)/t3-,5-,6-,9-;/m1./s1. The van der Waals surface area contributed by atoms with E-state index in [-0.39, 0.29) is 28.6 Å². The molecule has 0 unspecified atom stereocenters. The van der Waals surface area contributed by atoms with Crippen LogP contribution < -0.4 is 22.6 Å². The lowest BCUT2D eigenvalue weighted by Gasteiger charge is -2.16. The van der Waals surface area contributed by atoms with Gasteiger partial charge in [0.15, 0.2) is 28.6 Å². The molecule has 31 heavy (non-hydrogen) atoms. The molecule has 4 aromatic rings. The number of nitrogens with zero attached hydrogens (tertiary/aromatic N) is 5. The van der Waals surface area contributed by atoms with Gasteiger partial charge in [0.1, 0.15) is 18.3 Å². The number of hydrogen-bond donors (Lipinski definition) is 8. The maximum atomic E-state index is 11.7. The lowest BCUT2D eigenvalue weighted by atomic mass is 10.1. The molecular weight excluding hydrogens is 416 g/mol. The topological polar surface area (TPSA) is 260 Å². The molecule has 0 bridgehead atoms. The Hall–Kier alpha value is -3.86. The Bertz CT molecular complexity index is 1340. The van der Waals surface area contributed by atoms with Crippen molar-refractivity contribution in [1.29, 1.82) is 0 Å². The molecule has 0 spiro atoms. The minimum absolute atomic E-state index is 0.0388. The molecule has 10 N–H and O–H groups in total. The van der Waals surface area contributed by atoms with Crippen molar-refractivity contribution in [2.75, 3.05) is 18.1 Å². The highest BCUT2D eigenvalue weighted by Crippen LogP contribution is 2.30. The van der Waals surface area contributed by atoms with Crippen molar-refractivity contribution in [2.45, 2.75) is 24.5 Å². The minimum atomic E-state index is -1.29. The first kappa shape index (κ1) is 20.4. The maximum Gasteiger partial charge on any atom is 0.280 e. The lowest BCUT2D eigenvalue weighted by molar-refractivity contribution is -0.0511. The number of H-pyrrole nitrogens is 3. The largest absolute Gasteiger partial charge is 0.394 e. The maximum absolute atomic E-state index is 11.7. The van der Waals surface area contributed by atoms with E-state index in [0.29, 0.717) is 11.2 Å². The lowest BCUT2D eigenvalue weighted by Crippen LogP contribution is -2.33. The molecule has 16 nitrogen and oxygen atoms in total. The number of aromatic nitrogens is 8. The van der Waals surface area contributed by atoms with Crippen molar-refractivity contribution >= 4 is 34.2 Å². The summed E-state index contributed by atoms with van der Waals surface area (Å²) in [7, 11) is 0. The number of hydrogen-bond acceptors (Lipinski definition) is 12. The van der Waals surface area contributed by atoms with Gasteiger partial charge >= 0.3 is 0 Å². The smallest absolute Gasteiger partial charge is 0.280 e. The van der Waals surface area contributed by atoms with E-state index in [1.54, 1.807) is 0 Å². The van der Waals surface area contributed by atoms with Crippen LogP contribution in [-0.4, -0.2) is 79.7 Å². The number of fused-ring (bicyclic) bond motifs is 2. The molecule has 5 rings (SSSR count). The molecule has 0 saturated carbocycles. The van der Waals surface area contributed by atoms with Crippen LogP contribution in [0.1, 0.15) is 6.23 Å². The third kappa shape index (κ3) is 3.59. The van der Waals surface area contributed by atoms with Crippen molar-refractivity contribution in [3.8, 4) is 0 Å². The van der Waals surface area contributed by atoms with Crippen molar-refractivity contribution in [1.82, 2.24) is 39.5 Å². The summed E-state index contributed by atoms with van der Waals surface area (Å²) in [6.45, 7) is -0.447. The van der Waals surface area contributed by atoms with Crippen molar-refractivity contribution in [3.63, 3.8) is 0 Å². The first-order valence-electron chi connectivity index (χ1n) is 8.83. The summed E-state index contributed by atoms with van der Waals surface area (Å²) >= 11 is 0. The second kappa shape index (κ2) is 7.76. The first-order chi connectivity index (χ1) is 14.8. The van der Waals surface area contributed by atoms with Gasteiger partial charge in [-0.3, -0.25) is 24.1 Å². The number of ether oxygens (including phenoxy) is 1. The molecule has 4 aromatic heterocycles. The summed E-state index contributed by atoms with van der Waals surface area (Å²) < 4.78 is 6.64. The highest BCUT2D eigenvalue weighted by molar-refractivity contribution is 5.70. The van der Waals surface area contributed by atoms with Crippen molar-refractivity contribution < 1.29 is 20.1 Å². The molecule has 16 heteroatoms. The molecule has 5 heterocycles. The predicted octanol–water partition coefficient (Wildman–Crippen LogP) is -3.46. The molecule has 1 aliphatic rings. The highest BCUT2D eigenvalue weighted by atomic mass is 16.6. The first-order valence-corrected chi connectivity index (χ1v) is 8.83. The van der Waals surface area contributed by atoms with E-state index in [4.69, 9.17) is 21.3 Å². The van der Waals surface area contributed by atoms with Gasteiger partial charge in [-0.1, -0.05) is 0 Å². The molecule has 0 aromatic carbocycles. The average molecular weight is 434 g/mol. The summed E-state index contributed by atoms with van der Waals surface area (Å²) in [5.41, 5.74) is 10.8. The Morgan fingerprint density at radius 1 is 1.06 bits per heavy atom. The summed E-state index contributed by atoms with van der Waals surface area (Å²) in [4.78, 5) is 45.3. The van der Waals surface area contributed by atoms with Gasteiger partial charge in [0.2, 0.25) is 11.9 Å². The van der Waals surface area contributed by atoms with Crippen LogP contribution in [0.15, 0.2) is 22.2 Å². The molecule has 4 atom stereocenters. The Balaban J connectivity index is 0.000000177. The Labute approximate surface area is 170 Å². The molecule has 1 saturated heterocycles. The zero-order valence-corrected chi connectivity index (χ0v) is 15.6. The summed E-state index contributed by atoms with van der Waals surface area (Å²) in [6, 6.07) is 0. The fraction of sp³-hybridized carbons (Fsp3) is 0.333. The van der Waals surface area contributed by atoms with E-state index in [9.17, 15) is 19.8 Å². The zero-order valence-electron chi connectivity index (χ0n) is 15.6. The van der Waals surface area contributed by atoms with Gasteiger partial charge in [-0.25, -0.2) is 9.97 Å². The second-order valence-corrected chi connectivity index (χ2v) is 6.56. The SMILES string of the molecule is Nc1nc2c(ncn2[C@@H]2O[C@H](CO)[C@@H](O)[C@H]2O)c(=O)[nH]1.Nc1nc2nc[nH]c2c(=O)[nH]1. The third-order valence-electron chi connectivity index (χ3n) is 4.56. The number of nitrogen functional groups attached to an aromatic ring is 2. The number of nitrogens with two attached hydrogens (primary N) is 2. The average Bonchev–Trinajstić information content (AvgIpc) is 3.41. The molecular formula is C15H18N10O6. The molecule has 0 aliphatic carbocycles. The number of imidazole rings is 2. The molecule has 164 valence electrons. The van der Waals surface area contributed by atoms with Crippen LogP contribution in [0, 0.1) is 0 Å². The van der Waals surface area contributed by atoms with Gasteiger partial charge < -0.3 is 36.5 Å². The molecule has 0 amide bonds. The van der Waals surface area contributed by atoms with Gasteiger partial charge in [-0.2, -0.15) is 9.97 Å². The van der Waals surface area contributed by atoms with Gasteiger partial charge in [-0.15, -0.1) is 0 Å². The van der Waals surface area contributed by atoms with Crippen LogP contribution in [0.5, 0.6) is 0 Å². The highest BCUT2D eigenvalue weighted by Gasteiger charge is 2.44. The number of anilines is 2. The summed E-state index contributed by atoms with van der Waals surface area (Å²) in [5.74, 6) is -0.0226. The van der Waals surface area contributed by atoms with Crippen molar-refractivity contribution in [2.24, 2.45) is 0 Å². The van der Waals surface area contributed by atoms with Crippen LogP contribution in [0.3, 0.4) is 0 Å². The molecule has 1 fully saturated rings. The number of aromatic amines is 3. The van der Waals surface area contributed by atoms with E-state index in [1.807, 2.05) is 0 Å². The second-order valence-electron chi connectivity index (χ2n) is 6.56. The van der Waals surface area contributed by atoms with Crippen LogP contribution >= 0.6 is 0 Å². The van der Waals surface area contributed by atoms with E-state index in [2.05, 4.69) is 34.9 Å². The van der Waals surface area contributed by atoms with Crippen LogP contribution in [0.2, 0.25) is 0 Å². The monoisotopic (exact) mass is 434 g/mol. The number of nitrogens with one attached hydrogen (secondary N) is 3. The van der Waals surface area contributed by atoms with Gasteiger partial charge in [0, 0.05) is 0 Å². The third-order valence-corrected chi connectivity index (χ3v) is 4.56. The van der Waals surface area contributed by atoms with Crippen LogP contribution in [0.4, 0.5) is 11.9 Å². The van der Waals surface area contributed by atoms with E-state index >= 15 is 0 Å². The van der Waals surface area contributed by atoms with E-state index < -0.39 is 36.7 Å². The van der Waals surface area contributed by atoms with E-state index in [0.717, 1.165) is 0 Å². The Morgan fingerprint density at radius 2 is 1.77 bits per heavy atom. The number of aliphatic hydroxyl groups is 3. The van der Waals surface area contributed by atoms with Gasteiger partial charge in [0.05, 0.1) is 19.3 Å². The normalized spacial score (nSPS) is 23.2. The van der Waals surface area contributed by atoms with Gasteiger partial charge in [-0.05, 0) is 0 Å². The number of aliphatic hydroxyl groups excluding tert-OH is 3. The Morgan fingerprint density at radius 3 is 2.48 bits per heavy atom. The molecule has 1 aliphatic heterocycles. The molecule has 0 radical (unpaired) electrons. The summed E-state index contributed by atoms with van der Waals surface area (Å²) in [5, 5.41) is 28.7. The quantitative estimate of drug-likeness (QED) is 0.153. The predicted molar refractivity (Wildman–Crippen MR) is 104 cm³/mol. The van der Waals surface area contributed by atoms with Gasteiger partial charge in [0.25, 0.3) is 11.1 Å². The fourth-order valence-electron chi connectivity index (χ4n) is 3.10. The van der Waals surface area contributed by atoms with E-state index in [1.165, 1.54) is 17.2 Å². The van der Waals surface area contributed by atoms with Crippen LogP contribution in [-0.2, 0) is 4.74 Å².